The Labute approximate surface area is 132 Å². The molecule has 0 atom stereocenters. The minimum Gasteiger partial charge on any atom is -0.373 e. The summed E-state index contributed by atoms with van der Waals surface area (Å²) in [5, 5.41) is 6.03. The molecule has 0 aliphatic carbocycles. The molecule has 0 aliphatic rings. The standard InChI is InChI=1S/C16H27N3OS/c1-15(2,3)12-8-11(9-13(17-6)19-12)14(20)18-10-16(4,5)21-7/h8-9H,10H2,1-7H3,(H,17,19)(H,18,20). The zero-order chi connectivity index (χ0) is 16.3. The van der Waals surface area contributed by atoms with Crippen LogP contribution >= 0.6 is 11.8 Å². The summed E-state index contributed by atoms with van der Waals surface area (Å²) in [6.45, 7) is 11.1. The Morgan fingerprint density at radius 2 is 1.86 bits per heavy atom. The highest BCUT2D eigenvalue weighted by Crippen LogP contribution is 2.24. The first kappa shape index (κ1) is 17.8. The molecule has 5 heteroatoms. The number of nitrogens with zero attached hydrogens (tertiary/aromatic N) is 1. The molecule has 0 aromatic carbocycles. The highest BCUT2D eigenvalue weighted by molar-refractivity contribution is 7.99. The summed E-state index contributed by atoms with van der Waals surface area (Å²) in [7, 11) is 1.81. The Kier molecular flexibility index (Phi) is 5.68. The van der Waals surface area contributed by atoms with E-state index in [0.717, 1.165) is 11.5 Å². The van der Waals surface area contributed by atoms with Crippen LogP contribution in [-0.2, 0) is 5.41 Å². The normalized spacial score (nSPS) is 12.1. The topological polar surface area (TPSA) is 54.0 Å². The van der Waals surface area contributed by atoms with Gasteiger partial charge in [0.1, 0.15) is 5.82 Å². The van der Waals surface area contributed by atoms with E-state index in [9.17, 15) is 4.79 Å². The SMILES string of the molecule is CNc1cc(C(=O)NCC(C)(C)SC)cc(C(C)(C)C)n1. The van der Waals surface area contributed by atoms with Crippen LogP contribution in [0.4, 0.5) is 5.82 Å². The molecule has 0 saturated heterocycles. The van der Waals surface area contributed by atoms with Crippen LogP contribution in [0.2, 0.25) is 0 Å². The van der Waals surface area contributed by atoms with E-state index in [0.29, 0.717) is 12.1 Å². The Balaban J connectivity index is 2.99. The maximum Gasteiger partial charge on any atom is 0.251 e. The van der Waals surface area contributed by atoms with Gasteiger partial charge in [0.25, 0.3) is 5.91 Å². The van der Waals surface area contributed by atoms with Crippen molar-refractivity contribution in [3.63, 3.8) is 0 Å². The first-order valence-corrected chi connectivity index (χ1v) is 8.35. The predicted octanol–water partition coefficient (Wildman–Crippen LogP) is 3.29. The summed E-state index contributed by atoms with van der Waals surface area (Å²) >= 11 is 1.74. The van der Waals surface area contributed by atoms with Crippen molar-refractivity contribution in [1.29, 1.82) is 0 Å². The van der Waals surface area contributed by atoms with Gasteiger partial charge in [-0.2, -0.15) is 11.8 Å². The van der Waals surface area contributed by atoms with Gasteiger partial charge in [0.15, 0.2) is 0 Å². The van der Waals surface area contributed by atoms with Crippen LogP contribution in [0, 0.1) is 0 Å². The van der Waals surface area contributed by atoms with Crippen LogP contribution in [0.25, 0.3) is 0 Å². The molecule has 1 rings (SSSR count). The fourth-order valence-electron chi connectivity index (χ4n) is 1.64. The number of nitrogens with one attached hydrogen (secondary N) is 2. The van der Waals surface area contributed by atoms with E-state index in [4.69, 9.17) is 0 Å². The average molecular weight is 309 g/mol. The third-order valence-corrected chi connectivity index (χ3v) is 4.59. The van der Waals surface area contributed by atoms with Crippen molar-refractivity contribution in [2.24, 2.45) is 0 Å². The van der Waals surface area contributed by atoms with Gasteiger partial charge in [0.2, 0.25) is 0 Å². The Morgan fingerprint density at radius 3 is 2.33 bits per heavy atom. The number of carbonyl (C=O) groups is 1. The molecule has 1 amide bonds. The van der Waals surface area contributed by atoms with E-state index in [1.165, 1.54) is 0 Å². The van der Waals surface area contributed by atoms with E-state index in [2.05, 4.69) is 56.5 Å². The fourth-order valence-corrected chi connectivity index (χ4v) is 1.86. The number of anilines is 1. The second-order valence-corrected chi connectivity index (χ2v) is 8.29. The smallest absolute Gasteiger partial charge is 0.251 e. The first-order chi connectivity index (χ1) is 9.59. The average Bonchev–Trinajstić information content (AvgIpc) is 2.43. The number of aromatic nitrogens is 1. The zero-order valence-corrected chi connectivity index (χ0v) is 14.9. The maximum absolute atomic E-state index is 12.4. The summed E-state index contributed by atoms with van der Waals surface area (Å²) < 4.78 is 0.0292. The van der Waals surface area contributed by atoms with Crippen molar-refractivity contribution in [1.82, 2.24) is 10.3 Å². The number of amides is 1. The molecule has 0 saturated carbocycles. The highest BCUT2D eigenvalue weighted by atomic mass is 32.2. The monoisotopic (exact) mass is 309 g/mol. The molecule has 0 radical (unpaired) electrons. The van der Waals surface area contributed by atoms with E-state index in [1.807, 2.05) is 13.1 Å². The molecule has 21 heavy (non-hydrogen) atoms. The molecular formula is C16H27N3OS. The molecule has 118 valence electrons. The lowest BCUT2D eigenvalue weighted by Crippen LogP contribution is -2.36. The maximum atomic E-state index is 12.4. The van der Waals surface area contributed by atoms with Gasteiger partial charge in [-0.3, -0.25) is 4.79 Å². The fraction of sp³-hybridized carbons (Fsp3) is 0.625. The van der Waals surface area contributed by atoms with Gasteiger partial charge in [-0.25, -0.2) is 4.98 Å². The molecule has 1 heterocycles. The molecular weight excluding hydrogens is 282 g/mol. The number of rotatable bonds is 5. The number of hydrogen-bond acceptors (Lipinski definition) is 4. The summed E-state index contributed by atoms with van der Waals surface area (Å²) in [5.74, 6) is 0.665. The highest BCUT2D eigenvalue weighted by Gasteiger charge is 2.21. The van der Waals surface area contributed by atoms with Crippen molar-refractivity contribution < 1.29 is 4.79 Å². The van der Waals surface area contributed by atoms with Gasteiger partial charge < -0.3 is 10.6 Å². The molecule has 0 fully saturated rings. The second-order valence-electron chi connectivity index (χ2n) is 6.77. The van der Waals surface area contributed by atoms with Crippen LogP contribution in [0.1, 0.15) is 50.7 Å². The molecule has 0 bridgehead atoms. The van der Waals surface area contributed by atoms with Crippen LogP contribution in [-0.4, -0.2) is 35.5 Å². The van der Waals surface area contributed by atoms with Gasteiger partial charge >= 0.3 is 0 Å². The summed E-state index contributed by atoms with van der Waals surface area (Å²) in [6.07, 6.45) is 2.05. The molecule has 0 spiro atoms. The quantitative estimate of drug-likeness (QED) is 0.876. The van der Waals surface area contributed by atoms with E-state index in [1.54, 1.807) is 17.8 Å². The van der Waals surface area contributed by atoms with Gasteiger partial charge in [-0.15, -0.1) is 0 Å². The predicted molar refractivity (Wildman–Crippen MR) is 92.4 cm³/mol. The van der Waals surface area contributed by atoms with E-state index in [-0.39, 0.29) is 16.1 Å². The summed E-state index contributed by atoms with van der Waals surface area (Å²) in [5.41, 5.74) is 1.46. The number of hydrogen-bond donors (Lipinski definition) is 2. The third kappa shape index (κ3) is 5.23. The van der Waals surface area contributed by atoms with E-state index < -0.39 is 0 Å². The second kappa shape index (κ2) is 6.69. The van der Waals surface area contributed by atoms with Crippen LogP contribution in [0.15, 0.2) is 12.1 Å². The van der Waals surface area contributed by atoms with Crippen molar-refractivity contribution in [3.8, 4) is 0 Å². The van der Waals surface area contributed by atoms with Crippen molar-refractivity contribution >= 4 is 23.5 Å². The number of pyridine rings is 1. The minimum atomic E-state index is -0.0968. The van der Waals surface area contributed by atoms with Crippen molar-refractivity contribution in [2.45, 2.75) is 44.8 Å². The third-order valence-electron chi connectivity index (χ3n) is 3.34. The summed E-state index contributed by atoms with van der Waals surface area (Å²) in [6, 6.07) is 3.67. The Bertz CT molecular complexity index is 507. The molecule has 2 N–H and O–H groups in total. The molecule has 1 aromatic heterocycles. The lowest BCUT2D eigenvalue weighted by molar-refractivity contribution is 0.0950. The van der Waals surface area contributed by atoms with Gasteiger partial charge in [-0.1, -0.05) is 20.8 Å². The lowest BCUT2D eigenvalue weighted by Gasteiger charge is -2.23. The van der Waals surface area contributed by atoms with Crippen LogP contribution < -0.4 is 10.6 Å². The molecule has 4 nitrogen and oxygen atoms in total. The molecule has 0 unspecified atom stereocenters. The van der Waals surface area contributed by atoms with Gasteiger partial charge in [-0.05, 0) is 32.2 Å². The lowest BCUT2D eigenvalue weighted by atomic mass is 9.90. The zero-order valence-electron chi connectivity index (χ0n) is 14.1. The Hall–Kier alpha value is -1.23. The van der Waals surface area contributed by atoms with Crippen molar-refractivity contribution in [2.75, 3.05) is 25.2 Å². The summed E-state index contributed by atoms with van der Waals surface area (Å²) in [4.78, 5) is 16.9. The first-order valence-electron chi connectivity index (χ1n) is 7.13. The molecule has 0 aliphatic heterocycles. The minimum absolute atomic E-state index is 0.0292. The van der Waals surface area contributed by atoms with Crippen LogP contribution in [0.5, 0.6) is 0 Å². The Morgan fingerprint density at radius 1 is 1.24 bits per heavy atom. The van der Waals surface area contributed by atoms with Crippen molar-refractivity contribution in [3.05, 3.63) is 23.4 Å². The molecule has 1 aromatic rings. The number of carbonyl (C=O) groups excluding carboxylic acids is 1. The van der Waals surface area contributed by atoms with Gasteiger partial charge in [0.05, 0.1) is 0 Å². The number of thioether (sulfide) groups is 1. The van der Waals surface area contributed by atoms with E-state index >= 15 is 0 Å². The van der Waals surface area contributed by atoms with Crippen LogP contribution in [0.3, 0.4) is 0 Å². The van der Waals surface area contributed by atoms with Gasteiger partial charge in [0, 0.05) is 35.0 Å². The largest absolute Gasteiger partial charge is 0.373 e.